The van der Waals surface area contributed by atoms with E-state index in [1.165, 1.54) is 29.9 Å². The third-order valence-electron chi connectivity index (χ3n) is 3.39. The number of benzene rings is 1. The van der Waals surface area contributed by atoms with E-state index in [9.17, 15) is 4.79 Å². The molecule has 2 aromatic heterocycles. The number of carbonyl (C=O) groups is 1. The van der Waals surface area contributed by atoms with Gasteiger partial charge in [0.1, 0.15) is 28.6 Å². The molecule has 0 saturated carbocycles. The highest BCUT2D eigenvalue weighted by Gasteiger charge is 2.23. The number of nitrogens with one attached hydrogen (secondary N) is 1. The zero-order valence-electron chi connectivity index (χ0n) is 13.6. The SMILES string of the molecule is COC(=O)c1c(SC)nn(-c2cc(Nc3ccccc3)ncn2)c1N. The van der Waals surface area contributed by atoms with Gasteiger partial charge in [-0.25, -0.2) is 14.8 Å². The van der Waals surface area contributed by atoms with E-state index >= 15 is 0 Å². The molecule has 0 aliphatic carbocycles. The van der Waals surface area contributed by atoms with Gasteiger partial charge < -0.3 is 15.8 Å². The second kappa shape index (κ2) is 7.22. The molecule has 2 heterocycles. The Labute approximate surface area is 148 Å². The van der Waals surface area contributed by atoms with E-state index in [2.05, 4.69) is 20.4 Å². The molecule has 0 atom stereocenters. The first kappa shape index (κ1) is 16.8. The van der Waals surface area contributed by atoms with Gasteiger partial charge in [-0.2, -0.15) is 9.78 Å². The maximum Gasteiger partial charge on any atom is 0.344 e. The van der Waals surface area contributed by atoms with E-state index in [0.29, 0.717) is 16.7 Å². The summed E-state index contributed by atoms with van der Waals surface area (Å²) in [5.74, 6) is 0.651. The van der Waals surface area contributed by atoms with Crippen molar-refractivity contribution in [3.8, 4) is 5.82 Å². The van der Waals surface area contributed by atoms with Crippen LogP contribution in [0.4, 0.5) is 17.3 Å². The Balaban J connectivity index is 1.99. The summed E-state index contributed by atoms with van der Waals surface area (Å²) in [7, 11) is 1.30. The fourth-order valence-electron chi connectivity index (χ4n) is 2.22. The lowest BCUT2D eigenvalue weighted by Gasteiger charge is -2.07. The van der Waals surface area contributed by atoms with Crippen LogP contribution >= 0.6 is 11.8 Å². The van der Waals surface area contributed by atoms with Gasteiger partial charge in [0.25, 0.3) is 0 Å². The zero-order valence-corrected chi connectivity index (χ0v) is 14.4. The molecule has 9 heteroatoms. The van der Waals surface area contributed by atoms with E-state index in [4.69, 9.17) is 10.5 Å². The number of hydrogen-bond acceptors (Lipinski definition) is 8. The average molecular weight is 356 g/mol. The number of nitrogens with zero attached hydrogens (tertiary/aromatic N) is 4. The average Bonchev–Trinajstić information content (AvgIpc) is 2.98. The van der Waals surface area contributed by atoms with Gasteiger partial charge in [0, 0.05) is 11.8 Å². The van der Waals surface area contributed by atoms with E-state index in [0.717, 1.165) is 5.69 Å². The van der Waals surface area contributed by atoms with Crippen molar-refractivity contribution in [1.82, 2.24) is 19.7 Å². The minimum atomic E-state index is -0.537. The van der Waals surface area contributed by atoms with Gasteiger partial charge in [0.05, 0.1) is 7.11 Å². The molecule has 0 saturated heterocycles. The Hall–Kier alpha value is -3.07. The first-order valence-electron chi connectivity index (χ1n) is 7.29. The number of hydrogen-bond donors (Lipinski definition) is 2. The lowest BCUT2D eigenvalue weighted by Crippen LogP contribution is -2.09. The maximum absolute atomic E-state index is 12.0. The second-order valence-electron chi connectivity index (χ2n) is 4.93. The van der Waals surface area contributed by atoms with Crippen LogP contribution in [0, 0.1) is 0 Å². The highest BCUT2D eigenvalue weighted by molar-refractivity contribution is 7.98. The summed E-state index contributed by atoms with van der Waals surface area (Å²) in [5.41, 5.74) is 7.21. The highest BCUT2D eigenvalue weighted by atomic mass is 32.2. The van der Waals surface area contributed by atoms with Crippen LogP contribution in [-0.2, 0) is 4.74 Å². The largest absolute Gasteiger partial charge is 0.465 e. The Morgan fingerprint density at radius 3 is 2.72 bits per heavy atom. The van der Waals surface area contributed by atoms with Crippen molar-refractivity contribution in [3.05, 3.63) is 48.3 Å². The van der Waals surface area contributed by atoms with Crippen LogP contribution in [-0.4, -0.2) is 39.1 Å². The molecule has 0 amide bonds. The molecule has 0 unspecified atom stereocenters. The molecule has 0 spiro atoms. The number of ether oxygens (including phenoxy) is 1. The number of nitrogen functional groups attached to an aromatic ring is 1. The number of rotatable bonds is 5. The van der Waals surface area contributed by atoms with Gasteiger partial charge in [-0.05, 0) is 18.4 Å². The number of methoxy groups -OCH3 is 1. The molecule has 1 aromatic carbocycles. The van der Waals surface area contributed by atoms with Gasteiger partial charge in [0.2, 0.25) is 0 Å². The Morgan fingerprint density at radius 1 is 1.28 bits per heavy atom. The lowest BCUT2D eigenvalue weighted by molar-refractivity contribution is 0.0598. The van der Waals surface area contributed by atoms with Crippen molar-refractivity contribution in [2.45, 2.75) is 5.03 Å². The van der Waals surface area contributed by atoms with Gasteiger partial charge in [-0.15, -0.1) is 11.8 Å². The van der Waals surface area contributed by atoms with Crippen molar-refractivity contribution in [1.29, 1.82) is 0 Å². The first-order valence-corrected chi connectivity index (χ1v) is 8.51. The van der Waals surface area contributed by atoms with Crippen LogP contribution in [0.1, 0.15) is 10.4 Å². The van der Waals surface area contributed by atoms with E-state index < -0.39 is 5.97 Å². The molecule has 3 rings (SSSR count). The molecule has 0 bridgehead atoms. The molecule has 8 nitrogen and oxygen atoms in total. The number of carbonyl (C=O) groups excluding carboxylic acids is 1. The van der Waals surface area contributed by atoms with Gasteiger partial charge in [-0.1, -0.05) is 18.2 Å². The normalized spacial score (nSPS) is 10.5. The molecular formula is C16H16N6O2S. The standard InChI is InChI=1S/C16H16N6O2S/c1-24-16(23)13-14(17)22(21-15(13)25-2)12-8-11(18-9-19-12)20-10-6-4-3-5-7-10/h3-9H,17H2,1-2H3,(H,18,19,20). The molecular weight excluding hydrogens is 340 g/mol. The molecule has 128 valence electrons. The van der Waals surface area contributed by atoms with E-state index in [1.54, 1.807) is 12.3 Å². The third kappa shape index (κ3) is 3.41. The second-order valence-corrected chi connectivity index (χ2v) is 5.72. The Bertz CT molecular complexity index is 897. The topological polar surface area (TPSA) is 108 Å². The maximum atomic E-state index is 12.0. The summed E-state index contributed by atoms with van der Waals surface area (Å²) in [4.78, 5) is 20.3. The van der Waals surface area contributed by atoms with Gasteiger partial charge >= 0.3 is 5.97 Å². The van der Waals surface area contributed by atoms with Crippen LogP contribution in [0.15, 0.2) is 47.8 Å². The molecule has 3 aromatic rings. The smallest absolute Gasteiger partial charge is 0.344 e. The van der Waals surface area contributed by atoms with Crippen LogP contribution in [0.5, 0.6) is 0 Å². The van der Waals surface area contributed by atoms with Crippen molar-refractivity contribution in [2.24, 2.45) is 0 Å². The predicted molar refractivity (Wildman–Crippen MR) is 96.4 cm³/mol. The number of thioether (sulfide) groups is 1. The monoisotopic (exact) mass is 356 g/mol. The molecule has 0 aliphatic heterocycles. The van der Waals surface area contributed by atoms with Gasteiger partial charge in [-0.3, -0.25) is 0 Å². The molecule has 0 aliphatic rings. The van der Waals surface area contributed by atoms with E-state index in [1.807, 2.05) is 30.3 Å². The molecule has 25 heavy (non-hydrogen) atoms. The molecule has 0 fully saturated rings. The minimum absolute atomic E-state index is 0.167. The fraction of sp³-hybridized carbons (Fsp3) is 0.125. The number of esters is 1. The zero-order chi connectivity index (χ0) is 17.8. The predicted octanol–water partition coefficient (Wildman–Crippen LogP) is 2.50. The van der Waals surface area contributed by atoms with E-state index in [-0.39, 0.29) is 11.4 Å². The van der Waals surface area contributed by atoms with Crippen LogP contribution in [0.2, 0.25) is 0 Å². The van der Waals surface area contributed by atoms with Crippen molar-refractivity contribution in [3.63, 3.8) is 0 Å². The van der Waals surface area contributed by atoms with Crippen LogP contribution in [0.3, 0.4) is 0 Å². The van der Waals surface area contributed by atoms with Crippen molar-refractivity contribution >= 4 is 35.1 Å². The summed E-state index contributed by atoms with van der Waals surface area (Å²) in [6.07, 6.45) is 3.21. The quantitative estimate of drug-likeness (QED) is 0.530. The fourth-order valence-corrected chi connectivity index (χ4v) is 2.78. The highest BCUT2D eigenvalue weighted by Crippen LogP contribution is 2.28. The number of nitrogens with two attached hydrogens (primary N) is 1. The summed E-state index contributed by atoms with van der Waals surface area (Å²) in [6, 6.07) is 11.3. The van der Waals surface area contributed by atoms with Crippen LogP contribution < -0.4 is 11.1 Å². The Morgan fingerprint density at radius 2 is 2.04 bits per heavy atom. The summed E-state index contributed by atoms with van der Waals surface area (Å²) in [5, 5.41) is 8.00. The first-order chi connectivity index (χ1) is 12.1. The number of aromatic nitrogens is 4. The lowest BCUT2D eigenvalue weighted by atomic mass is 10.3. The van der Waals surface area contributed by atoms with Crippen molar-refractivity contribution in [2.75, 3.05) is 24.4 Å². The molecule has 3 N–H and O–H groups in total. The van der Waals surface area contributed by atoms with Gasteiger partial charge in [0.15, 0.2) is 5.82 Å². The summed E-state index contributed by atoms with van der Waals surface area (Å²) >= 11 is 1.30. The van der Waals surface area contributed by atoms with Crippen LogP contribution in [0.25, 0.3) is 5.82 Å². The van der Waals surface area contributed by atoms with Crippen molar-refractivity contribution < 1.29 is 9.53 Å². The Kier molecular flexibility index (Phi) is 4.85. The summed E-state index contributed by atoms with van der Waals surface area (Å²) < 4.78 is 6.18. The summed E-state index contributed by atoms with van der Waals surface area (Å²) in [6.45, 7) is 0. The number of anilines is 3. The minimum Gasteiger partial charge on any atom is -0.465 e. The third-order valence-corrected chi connectivity index (χ3v) is 4.06. The number of para-hydroxylation sites is 1. The molecule has 0 radical (unpaired) electrons.